The minimum absolute atomic E-state index is 0.0554. The number of hydrogen-bond acceptors (Lipinski definition) is 5. The average molecular weight is 339 g/mol. The van der Waals surface area contributed by atoms with Crippen LogP contribution >= 0.6 is 0 Å². The van der Waals surface area contributed by atoms with Crippen molar-refractivity contribution in [3.63, 3.8) is 0 Å². The van der Waals surface area contributed by atoms with Crippen LogP contribution in [0.5, 0.6) is 5.75 Å². The second-order valence-corrected chi connectivity index (χ2v) is 6.86. The fraction of sp³-hybridized carbons (Fsp3) is 0.421. The molecule has 2 aliphatic heterocycles. The second-order valence-electron chi connectivity index (χ2n) is 6.86. The van der Waals surface area contributed by atoms with E-state index in [1.807, 2.05) is 43.0 Å². The Morgan fingerprint density at radius 3 is 2.96 bits per heavy atom. The van der Waals surface area contributed by atoms with Crippen molar-refractivity contribution < 1.29 is 14.3 Å². The summed E-state index contributed by atoms with van der Waals surface area (Å²) in [6.45, 7) is 4.33. The zero-order valence-electron chi connectivity index (χ0n) is 14.4. The maximum absolute atomic E-state index is 13.1. The lowest BCUT2D eigenvalue weighted by molar-refractivity contribution is -0.147. The van der Waals surface area contributed by atoms with Crippen molar-refractivity contribution in [3.8, 4) is 5.75 Å². The van der Waals surface area contributed by atoms with Crippen LogP contribution in [0, 0.1) is 0 Å². The third kappa shape index (κ3) is 2.87. The maximum Gasteiger partial charge on any atom is 0.225 e. The van der Waals surface area contributed by atoms with Crippen LogP contribution < -0.4 is 4.74 Å². The number of nitrogens with zero attached hydrogens (tertiary/aromatic N) is 3. The van der Waals surface area contributed by atoms with E-state index in [1.54, 1.807) is 18.6 Å². The molecule has 0 bridgehead atoms. The fourth-order valence-corrected chi connectivity index (χ4v) is 3.76. The number of aryl methyl sites for hydroxylation is 1. The number of carbonyl (C=O) groups excluding carboxylic acids is 1. The van der Waals surface area contributed by atoms with Gasteiger partial charge < -0.3 is 14.4 Å². The molecule has 1 saturated heterocycles. The highest BCUT2D eigenvalue weighted by molar-refractivity contribution is 5.78. The molecule has 0 radical (unpaired) electrons. The van der Waals surface area contributed by atoms with E-state index in [-0.39, 0.29) is 18.1 Å². The smallest absolute Gasteiger partial charge is 0.225 e. The molecule has 0 saturated carbocycles. The number of aromatic nitrogens is 2. The van der Waals surface area contributed by atoms with E-state index in [0.717, 1.165) is 17.0 Å². The first-order valence-electron chi connectivity index (χ1n) is 8.53. The number of fused-ring (bicyclic) bond motifs is 3. The van der Waals surface area contributed by atoms with Gasteiger partial charge in [0.2, 0.25) is 5.91 Å². The fourth-order valence-electron chi connectivity index (χ4n) is 3.76. The molecule has 1 aromatic heterocycles. The van der Waals surface area contributed by atoms with E-state index in [2.05, 4.69) is 9.97 Å². The number of carbonyl (C=O) groups is 1. The summed E-state index contributed by atoms with van der Waals surface area (Å²) in [5.74, 6) is 0.886. The minimum atomic E-state index is -0.671. The van der Waals surface area contributed by atoms with Gasteiger partial charge in [0.1, 0.15) is 24.2 Å². The Morgan fingerprint density at radius 2 is 2.16 bits per heavy atom. The quantitative estimate of drug-likeness (QED) is 0.860. The molecule has 1 aromatic carbocycles. The largest absolute Gasteiger partial charge is 0.490 e. The molecule has 2 aromatic rings. The molecule has 2 aliphatic rings. The highest BCUT2D eigenvalue weighted by Gasteiger charge is 2.52. The minimum Gasteiger partial charge on any atom is -0.490 e. The second kappa shape index (κ2) is 6.11. The molecule has 1 amide bonds. The van der Waals surface area contributed by atoms with Crippen LogP contribution in [0.4, 0.5) is 0 Å². The predicted molar refractivity (Wildman–Crippen MR) is 90.8 cm³/mol. The molecule has 0 spiro atoms. The summed E-state index contributed by atoms with van der Waals surface area (Å²) in [5, 5.41) is 0. The van der Waals surface area contributed by atoms with Crippen molar-refractivity contribution in [2.24, 2.45) is 0 Å². The lowest BCUT2D eigenvalue weighted by Gasteiger charge is -2.35. The zero-order valence-corrected chi connectivity index (χ0v) is 14.4. The van der Waals surface area contributed by atoms with E-state index in [1.165, 1.54) is 0 Å². The lowest BCUT2D eigenvalue weighted by atomic mass is 9.96. The third-order valence-corrected chi connectivity index (χ3v) is 4.77. The summed E-state index contributed by atoms with van der Waals surface area (Å²) >= 11 is 0. The van der Waals surface area contributed by atoms with Crippen LogP contribution in [0.2, 0.25) is 0 Å². The van der Waals surface area contributed by atoms with Crippen LogP contribution in [-0.4, -0.2) is 39.2 Å². The van der Waals surface area contributed by atoms with Crippen molar-refractivity contribution in [2.45, 2.75) is 44.6 Å². The maximum atomic E-state index is 13.1. The number of ether oxygens (including phenoxy) is 2. The third-order valence-electron chi connectivity index (χ3n) is 4.77. The first kappa shape index (κ1) is 16.0. The van der Waals surface area contributed by atoms with Crippen molar-refractivity contribution >= 4 is 5.91 Å². The van der Waals surface area contributed by atoms with E-state index < -0.39 is 5.72 Å². The normalized spacial score (nSPS) is 23.5. The summed E-state index contributed by atoms with van der Waals surface area (Å²) in [6, 6.07) is 7.76. The van der Waals surface area contributed by atoms with Crippen LogP contribution in [0.15, 0.2) is 42.9 Å². The number of para-hydroxylation sites is 1. The Morgan fingerprint density at radius 1 is 1.32 bits per heavy atom. The van der Waals surface area contributed by atoms with Crippen molar-refractivity contribution in [3.05, 3.63) is 54.1 Å². The molecular weight excluding hydrogens is 318 g/mol. The van der Waals surface area contributed by atoms with Crippen LogP contribution in [-0.2, 0) is 16.0 Å². The molecule has 6 heteroatoms. The monoisotopic (exact) mass is 339 g/mol. The Labute approximate surface area is 146 Å². The topological polar surface area (TPSA) is 64.6 Å². The van der Waals surface area contributed by atoms with Gasteiger partial charge in [-0.15, -0.1) is 0 Å². The van der Waals surface area contributed by atoms with Crippen LogP contribution in [0.1, 0.15) is 37.6 Å². The molecule has 1 fully saturated rings. The van der Waals surface area contributed by atoms with Crippen molar-refractivity contribution in [1.82, 2.24) is 14.9 Å². The number of benzene rings is 1. The summed E-state index contributed by atoms with van der Waals surface area (Å²) in [6.07, 6.45) is 5.77. The number of rotatable bonds is 3. The molecule has 2 atom stereocenters. The highest BCUT2D eigenvalue weighted by Crippen LogP contribution is 2.47. The predicted octanol–water partition coefficient (Wildman–Crippen LogP) is 2.51. The summed E-state index contributed by atoms with van der Waals surface area (Å²) in [7, 11) is 0. The van der Waals surface area contributed by atoms with Gasteiger partial charge in [-0.3, -0.25) is 14.8 Å². The molecule has 130 valence electrons. The average Bonchev–Trinajstić information content (AvgIpc) is 2.91. The zero-order chi connectivity index (χ0) is 17.4. The van der Waals surface area contributed by atoms with E-state index >= 15 is 0 Å². The molecule has 25 heavy (non-hydrogen) atoms. The highest BCUT2D eigenvalue weighted by atomic mass is 16.6. The summed E-state index contributed by atoms with van der Waals surface area (Å²) in [5.41, 5.74) is 1.16. The van der Waals surface area contributed by atoms with Crippen LogP contribution in [0.3, 0.4) is 0 Å². The molecule has 4 rings (SSSR count). The molecule has 0 N–H and O–H groups in total. The van der Waals surface area contributed by atoms with Gasteiger partial charge in [-0.1, -0.05) is 18.2 Å². The molecule has 1 unspecified atom stereocenters. The number of amides is 1. The van der Waals surface area contributed by atoms with Gasteiger partial charge in [-0.25, -0.2) is 0 Å². The molecule has 6 nitrogen and oxygen atoms in total. The van der Waals surface area contributed by atoms with Gasteiger partial charge in [-0.2, -0.15) is 0 Å². The van der Waals surface area contributed by atoms with Crippen molar-refractivity contribution in [1.29, 1.82) is 0 Å². The summed E-state index contributed by atoms with van der Waals surface area (Å²) < 4.78 is 12.0. The van der Waals surface area contributed by atoms with E-state index in [0.29, 0.717) is 19.4 Å². The Balaban J connectivity index is 1.60. The van der Waals surface area contributed by atoms with Gasteiger partial charge in [0.05, 0.1) is 11.7 Å². The molecule has 3 heterocycles. The lowest BCUT2D eigenvalue weighted by Crippen LogP contribution is -2.45. The van der Waals surface area contributed by atoms with E-state index in [9.17, 15) is 4.79 Å². The SMILES string of the molecule is CC1(C)OC2COc3ccccc3[C@@H]2N1C(=O)CCc1cnccn1. The van der Waals surface area contributed by atoms with Gasteiger partial charge in [0, 0.05) is 30.6 Å². The Bertz CT molecular complexity index is 778. The van der Waals surface area contributed by atoms with Crippen molar-refractivity contribution in [2.75, 3.05) is 6.61 Å². The Kier molecular flexibility index (Phi) is 3.92. The Hall–Kier alpha value is -2.47. The molecular formula is C19H21N3O3. The molecule has 0 aliphatic carbocycles. The standard InChI is InChI=1S/C19H21N3O3/c1-19(2)22(17(23)8-7-13-11-20-9-10-21-13)18-14-5-3-4-6-15(14)24-12-16(18)25-19/h3-6,9-11,16,18H,7-8,12H2,1-2H3/t16?,18-/m0/s1. The first-order valence-corrected chi connectivity index (χ1v) is 8.53. The van der Waals surface area contributed by atoms with Gasteiger partial charge >= 0.3 is 0 Å². The van der Waals surface area contributed by atoms with E-state index in [4.69, 9.17) is 9.47 Å². The summed E-state index contributed by atoms with van der Waals surface area (Å²) in [4.78, 5) is 23.2. The number of hydrogen-bond donors (Lipinski definition) is 0. The van der Waals surface area contributed by atoms with Gasteiger partial charge in [0.15, 0.2) is 0 Å². The first-order chi connectivity index (χ1) is 12.1. The van der Waals surface area contributed by atoms with Gasteiger partial charge in [0.25, 0.3) is 0 Å². The van der Waals surface area contributed by atoms with Gasteiger partial charge in [-0.05, 0) is 26.3 Å². The van der Waals surface area contributed by atoms with Crippen LogP contribution in [0.25, 0.3) is 0 Å².